The molecular formula is C16H25NO3. The molecule has 1 aliphatic rings. The molecule has 1 N–H and O–H groups in total. The maximum atomic E-state index is 10.3. The summed E-state index contributed by atoms with van der Waals surface area (Å²) in [5.74, 6) is 0. The Balaban J connectivity index is 2.06. The second-order valence-electron chi connectivity index (χ2n) is 5.75. The van der Waals surface area contributed by atoms with E-state index in [2.05, 4.69) is 0 Å². The number of hydrogen-bond donors (Lipinski definition) is 1. The van der Waals surface area contributed by atoms with Gasteiger partial charge in [0.05, 0.1) is 31.0 Å². The summed E-state index contributed by atoms with van der Waals surface area (Å²) < 4.78 is 11.8. The molecule has 0 radical (unpaired) electrons. The molecule has 0 saturated carbocycles. The van der Waals surface area contributed by atoms with Gasteiger partial charge in [-0.25, -0.2) is 0 Å². The molecule has 5 atom stereocenters. The summed E-state index contributed by atoms with van der Waals surface area (Å²) in [7, 11) is 3.94. The lowest BCUT2D eigenvalue weighted by Crippen LogP contribution is -2.61. The highest BCUT2D eigenvalue weighted by Gasteiger charge is 2.43. The first-order chi connectivity index (χ1) is 9.50. The van der Waals surface area contributed by atoms with Gasteiger partial charge < -0.3 is 19.5 Å². The standard InChI is InChI=1S/C16H25NO3/c1-11-15(18)14(17(3)4)16(12(2)20-11)19-10-13-8-6-5-7-9-13/h5-9,11-12,14-16,18H,10H2,1-4H3/t11-,12?,14+,15-,16+/m1/s1. The summed E-state index contributed by atoms with van der Waals surface area (Å²) in [5.41, 5.74) is 1.13. The van der Waals surface area contributed by atoms with E-state index in [1.165, 1.54) is 0 Å². The fraction of sp³-hybridized carbons (Fsp3) is 0.625. The topological polar surface area (TPSA) is 41.9 Å². The highest BCUT2D eigenvalue weighted by atomic mass is 16.6. The van der Waals surface area contributed by atoms with Gasteiger partial charge in [-0.2, -0.15) is 0 Å². The van der Waals surface area contributed by atoms with Crippen LogP contribution in [0, 0.1) is 0 Å². The molecule has 2 rings (SSSR count). The molecule has 1 fully saturated rings. The fourth-order valence-corrected chi connectivity index (χ4v) is 2.85. The quantitative estimate of drug-likeness (QED) is 0.910. The van der Waals surface area contributed by atoms with Crippen molar-refractivity contribution >= 4 is 0 Å². The number of hydrogen-bond acceptors (Lipinski definition) is 4. The van der Waals surface area contributed by atoms with Crippen LogP contribution in [0.1, 0.15) is 19.4 Å². The lowest BCUT2D eigenvalue weighted by Gasteiger charge is -2.45. The van der Waals surface area contributed by atoms with Crippen LogP contribution in [0.3, 0.4) is 0 Å². The Morgan fingerprint density at radius 3 is 2.40 bits per heavy atom. The zero-order chi connectivity index (χ0) is 14.7. The van der Waals surface area contributed by atoms with Gasteiger partial charge in [-0.15, -0.1) is 0 Å². The lowest BCUT2D eigenvalue weighted by molar-refractivity contribution is -0.208. The SMILES string of the molecule is CC1O[C@H](C)[C@@H](O)[C@H](N(C)C)[C@H]1OCc1ccccc1. The van der Waals surface area contributed by atoms with E-state index in [9.17, 15) is 5.11 Å². The zero-order valence-electron chi connectivity index (χ0n) is 12.7. The molecule has 0 spiro atoms. The predicted octanol–water partition coefficient (Wildman–Crippen LogP) is 1.67. The van der Waals surface area contributed by atoms with E-state index in [0.717, 1.165) is 5.56 Å². The monoisotopic (exact) mass is 279 g/mol. The van der Waals surface area contributed by atoms with E-state index in [0.29, 0.717) is 6.61 Å². The number of rotatable bonds is 4. The first-order valence-electron chi connectivity index (χ1n) is 7.16. The average molecular weight is 279 g/mol. The first-order valence-corrected chi connectivity index (χ1v) is 7.16. The molecule has 1 aromatic rings. The van der Waals surface area contributed by atoms with Gasteiger partial charge in [-0.3, -0.25) is 0 Å². The van der Waals surface area contributed by atoms with Crippen molar-refractivity contribution in [3.05, 3.63) is 35.9 Å². The molecule has 0 amide bonds. The molecule has 1 heterocycles. The smallest absolute Gasteiger partial charge is 0.102 e. The Morgan fingerprint density at radius 1 is 1.15 bits per heavy atom. The highest BCUT2D eigenvalue weighted by Crippen LogP contribution is 2.26. The number of nitrogens with zero attached hydrogens (tertiary/aromatic N) is 1. The van der Waals surface area contributed by atoms with Crippen molar-refractivity contribution in [1.29, 1.82) is 0 Å². The van der Waals surface area contributed by atoms with Crippen molar-refractivity contribution in [2.24, 2.45) is 0 Å². The van der Waals surface area contributed by atoms with E-state index in [1.807, 2.05) is 63.2 Å². The largest absolute Gasteiger partial charge is 0.389 e. The summed E-state index contributed by atoms with van der Waals surface area (Å²) in [6.07, 6.45) is -0.892. The van der Waals surface area contributed by atoms with Crippen molar-refractivity contribution < 1.29 is 14.6 Å². The lowest BCUT2D eigenvalue weighted by atomic mass is 9.92. The molecule has 4 heteroatoms. The number of aliphatic hydroxyl groups is 1. The van der Waals surface area contributed by atoms with E-state index in [-0.39, 0.29) is 24.4 Å². The van der Waals surface area contributed by atoms with Crippen LogP contribution in [0.25, 0.3) is 0 Å². The Kier molecular flexibility index (Phi) is 5.16. The first kappa shape index (κ1) is 15.4. The van der Waals surface area contributed by atoms with Crippen LogP contribution in [0.2, 0.25) is 0 Å². The molecule has 4 nitrogen and oxygen atoms in total. The summed E-state index contributed by atoms with van der Waals surface area (Å²) in [6.45, 7) is 4.45. The Hall–Kier alpha value is -0.940. The predicted molar refractivity (Wildman–Crippen MR) is 78.5 cm³/mol. The van der Waals surface area contributed by atoms with Crippen LogP contribution in [0.5, 0.6) is 0 Å². The molecule has 1 aliphatic heterocycles. The van der Waals surface area contributed by atoms with Crippen LogP contribution in [0.4, 0.5) is 0 Å². The molecule has 112 valence electrons. The number of ether oxygens (including phenoxy) is 2. The molecule has 0 aliphatic carbocycles. The summed E-state index contributed by atoms with van der Waals surface area (Å²) in [5, 5.41) is 10.3. The van der Waals surface area contributed by atoms with Gasteiger partial charge in [0.15, 0.2) is 0 Å². The maximum absolute atomic E-state index is 10.3. The van der Waals surface area contributed by atoms with Crippen LogP contribution in [0.15, 0.2) is 30.3 Å². The van der Waals surface area contributed by atoms with Gasteiger partial charge >= 0.3 is 0 Å². The van der Waals surface area contributed by atoms with Gasteiger partial charge in [0.25, 0.3) is 0 Å². The molecule has 1 unspecified atom stereocenters. The van der Waals surface area contributed by atoms with Gasteiger partial charge in [-0.05, 0) is 33.5 Å². The minimum atomic E-state index is -0.540. The molecular weight excluding hydrogens is 254 g/mol. The van der Waals surface area contributed by atoms with Gasteiger partial charge in [0, 0.05) is 0 Å². The van der Waals surface area contributed by atoms with Crippen LogP contribution >= 0.6 is 0 Å². The number of aliphatic hydroxyl groups excluding tert-OH is 1. The minimum Gasteiger partial charge on any atom is -0.389 e. The second kappa shape index (κ2) is 6.68. The third-order valence-corrected chi connectivity index (χ3v) is 3.94. The number of likely N-dealkylation sites (N-methyl/N-ethyl adjacent to an activating group) is 1. The number of benzene rings is 1. The summed E-state index contributed by atoms with van der Waals surface area (Å²) in [6, 6.07) is 10.0. The van der Waals surface area contributed by atoms with E-state index in [4.69, 9.17) is 9.47 Å². The summed E-state index contributed by atoms with van der Waals surface area (Å²) >= 11 is 0. The van der Waals surface area contributed by atoms with Crippen molar-refractivity contribution in [3.63, 3.8) is 0 Å². The molecule has 0 bridgehead atoms. The zero-order valence-corrected chi connectivity index (χ0v) is 12.7. The van der Waals surface area contributed by atoms with Gasteiger partial charge in [0.2, 0.25) is 0 Å². The highest BCUT2D eigenvalue weighted by molar-refractivity contribution is 5.13. The van der Waals surface area contributed by atoms with Gasteiger partial charge in [-0.1, -0.05) is 30.3 Å². The third kappa shape index (κ3) is 3.38. The molecule has 0 aromatic heterocycles. The van der Waals surface area contributed by atoms with Crippen molar-refractivity contribution in [3.8, 4) is 0 Å². The molecule has 1 aromatic carbocycles. The van der Waals surface area contributed by atoms with Gasteiger partial charge in [0.1, 0.15) is 6.10 Å². The minimum absolute atomic E-state index is 0.0375. The Labute approximate surface area is 121 Å². The Morgan fingerprint density at radius 2 is 1.80 bits per heavy atom. The van der Waals surface area contributed by atoms with E-state index in [1.54, 1.807) is 0 Å². The van der Waals surface area contributed by atoms with E-state index < -0.39 is 6.10 Å². The van der Waals surface area contributed by atoms with Crippen LogP contribution in [-0.4, -0.2) is 54.6 Å². The fourth-order valence-electron chi connectivity index (χ4n) is 2.85. The van der Waals surface area contributed by atoms with Crippen LogP contribution in [-0.2, 0) is 16.1 Å². The normalized spacial score (nSPS) is 34.4. The van der Waals surface area contributed by atoms with Crippen LogP contribution < -0.4 is 0 Å². The third-order valence-electron chi connectivity index (χ3n) is 3.94. The molecule has 20 heavy (non-hydrogen) atoms. The average Bonchev–Trinajstić information content (AvgIpc) is 2.42. The van der Waals surface area contributed by atoms with Crippen molar-refractivity contribution in [2.45, 2.75) is 50.9 Å². The maximum Gasteiger partial charge on any atom is 0.102 e. The van der Waals surface area contributed by atoms with E-state index >= 15 is 0 Å². The molecule has 1 saturated heterocycles. The van der Waals surface area contributed by atoms with Crippen molar-refractivity contribution in [1.82, 2.24) is 4.90 Å². The Bertz CT molecular complexity index is 409. The second-order valence-corrected chi connectivity index (χ2v) is 5.75. The summed E-state index contributed by atoms with van der Waals surface area (Å²) in [4.78, 5) is 2.02. The van der Waals surface area contributed by atoms with Crippen molar-refractivity contribution in [2.75, 3.05) is 14.1 Å².